The van der Waals surface area contributed by atoms with E-state index in [1.807, 2.05) is 28.9 Å². The van der Waals surface area contributed by atoms with E-state index >= 15 is 0 Å². The van der Waals surface area contributed by atoms with Gasteiger partial charge in [-0.05, 0) is 37.1 Å². The molecule has 0 unspecified atom stereocenters. The highest BCUT2D eigenvalue weighted by atomic mass is 15.2. The molecule has 0 N–H and O–H groups in total. The standard InChI is InChI=1S/C21H16N4/c1-13-6-5-7-14(2)18(13)19-16-10-11-25-21(16)20(22-12-23-25)15-8-3-4-9-17(15)24-19/h3-12H,1-2H3. The highest BCUT2D eigenvalue weighted by Crippen LogP contribution is 2.38. The van der Waals surface area contributed by atoms with E-state index in [1.54, 1.807) is 6.33 Å². The second kappa shape index (κ2) is 5.11. The molecule has 0 aliphatic carbocycles. The van der Waals surface area contributed by atoms with Crippen LogP contribution in [0.15, 0.2) is 66.0 Å². The maximum atomic E-state index is 5.08. The van der Waals surface area contributed by atoms with Crippen LogP contribution in [0.4, 0.5) is 5.69 Å². The third-order valence-electron chi connectivity index (χ3n) is 4.82. The fourth-order valence-corrected chi connectivity index (χ4v) is 3.67. The van der Waals surface area contributed by atoms with Crippen molar-refractivity contribution >= 4 is 16.9 Å². The van der Waals surface area contributed by atoms with Crippen LogP contribution in [0.25, 0.3) is 16.8 Å². The Balaban J connectivity index is 1.96. The lowest BCUT2D eigenvalue weighted by molar-refractivity contribution is 0.906. The molecule has 0 radical (unpaired) electrons. The fraction of sp³-hybridized carbons (Fsp3) is 0.0952. The molecular weight excluding hydrogens is 308 g/mol. The summed E-state index contributed by atoms with van der Waals surface area (Å²) in [6.07, 6.45) is 3.58. The van der Waals surface area contributed by atoms with Crippen LogP contribution in [0.1, 0.15) is 22.3 Å². The van der Waals surface area contributed by atoms with Crippen LogP contribution in [0.3, 0.4) is 0 Å². The molecule has 4 nitrogen and oxygen atoms in total. The van der Waals surface area contributed by atoms with E-state index in [-0.39, 0.29) is 0 Å². The summed E-state index contributed by atoms with van der Waals surface area (Å²) in [5, 5.41) is 4.38. The minimum Gasteiger partial charge on any atom is -0.247 e. The summed E-state index contributed by atoms with van der Waals surface area (Å²) >= 11 is 0. The molecule has 25 heavy (non-hydrogen) atoms. The predicted molar refractivity (Wildman–Crippen MR) is 99.6 cm³/mol. The molecule has 0 saturated heterocycles. The second-order valence-corrected chi connectivity index (χ2v) is 6.38. The number of fused-ring (bicyclic) bond motifs is 2. The summed E-state index contributed by atoms with van der Waals surface area (Å²) < 4.78 is 1.89. The maximum Gasteiger partial charge on any atom is 0.137 e. The van der Waals surface area contributed by atoms with Gasteiger partial charge in [0.2, 0.25) is 0 Å². The lowest BCUT2D eigenvalue weighted by Gasteiger charge is -2.12. The van der Waals surface area contributed by atoms with Crippen LogP contribution < -0.4 is 0 Å². The second-order valence-electron chi connectivity index (χ2n) is 6.38. The molecule has 0 bridgehead atoms. The van der Waals surface area contributed by atoms with Crippen LogP contribution in [0, 0.1) is 13.8 Å². The lowest BCUT2D eigenvalue weighted by Crippen LogP contribution is -2.07. The molecule has 2 aromatic carbocycles. The highest BCUT2D eigenvalue weighted by molar-refractivity contribution is 6.21. The summed E-state index contributed by atoms with van der Waals surface area (Å²) in [5.74, 6) is 0. The van der Waals surface area contributed by atoms with Crippen LogP contribution >= 0.6 is 0 Å². The van der Waals surface area contributed by atoms with E-state index in [0.717, 1.165) is 33.7 Å². The van der Waals surface area contributed by atoms with Gasteiger partial charge >= 0.3 is 0 Å². The number of benzene rings is 2. The molecule has 120 valence electrons. The molecule has 0 atom stereocenters. The first-order valence-electron chi connectivity index (χ1n) is 8.31. The van der Waals surface area contributed by atoms with E-state index in [1.165, 1.54) is 16.7 Å². The van der Waals surface area contributed by atoms with Crippen molar-refractivity contribution in [3.63, 3.8) is 0 Å². The van der Waals surface area contributed by atoms with Gasteiger partial charge in [0.25, 0.3) is 0 Å². The maximum absolute atomic E-state index is 5.08. The number of aryl methyl sites for hydroxylation is 2. The van der Waals surface area contributed by atoms with Gasteiger partial charge in [0.05, 0.1) is 11.4 Å². The zero-order chi connectivity index (χ0) is 17.0. The molecule has 0 fully saturated rings. The van der Waals surface area contributed by atoms with Crippen LogP contribution in [0.5, 0.6) is 0 Å². The van der Waals surface area contributed by atoms with Gasteiger partial charge in [-0.3, -0.25) is 0 Å². The Morgan fingerprint density at radius 3 is 2.48 bits per heavy atom. The number of aliphatic imine (C=N–C) groups is 1. The quantitative estimate of drug-likeness (QED) is 0.456. The molecule has 3 heterocycles. The first-order chi connectivity index (χ1) is 12.2. The zero-order valence-electron chi connectivity index (χ0n) is 14.1. The minimum absolute atomic E-state index is 0.926. The smallest absolute Gasteiger partial charge is 0.137 e. The Morgan fingerprint density at radius 1 is 0.840 bits per heavy atom. The molecule has 5 rings (SSSR count). The van der Waals surface area contributed by atoms with E-state index in [0.29, 0.717) is 0 Å². The molecule has 1 aliphatic heterocycles. The predicted octanol–water partition coefficient (Wildman–Crippen LogP) is 4.50. The fourth-order valence-electron chi connectivity index (χ4n) is 3.67. The Labute approximate surface area is 145 Å². The first kappa shape index (κ1) is 14.1. The van der Waals surface area contributed by atoms with Crippen molar-refractivity contribution in [3.05, 3.63) is 83.3 Å². The normalized spacial score (nSPS) is 12.6. The van der Waals surface area contributed by atoms with Crippen molar-refractivity contribution < 1.29 is 0 Å². The summed E-state index contributed by atoms with van der Waals surface area (Å²) in [7, 11) is 0. The molecule has 1 aliphatic rings. The van der Waals surface area contributed by atoms with Gasteiger partial charge < -0.3 is 0 Å². The Kier molecular flexibility index (Phi) is 2.88. The van der Waals surface area contributed by atoms with E-state index in [2.05, 4.69) is 54.3 Å². The van der Waals surface area contributed by atoms with Crippen molar-refractivity contribution in [2.45, 2.75) is 13.8 Å². The number of aromatic nitrogens is 3. The van der Waals surface area contributed by atoms with Gasteiger partial charge in [0.1, 0.15) is 17.5 Å². The summed E-state index contributed by atoms with van der Waals surface area (Å²) in [5.41, 5.74) is 9.59. The highest BCUT2D eigenvalue weighted by Gasteiger charge is 2.24. The van der Waals surface area contributed by atoms with Gasteiger partial charge in [0.15, 0.2) is 0 Å². The van der Waals surface area contributed by atoms with Gasteiger partial charge in [-0.15, -0.1) is 0 Å². The molecular formula is C21H16N4. The van der Waals surface area contributed by atoms with Gasteiger partial charge in [0, 0.05) is 22.9 Å². The average molecular weight is 324 g/mol. The largest absolute Gasteiger partial charge is 0.247 e. The lowest BCUT2D eigenvalue weighted by atomic mass is 9.94. The van der Waals surface area contributed by atoms with E-state index in [9.17, 15) is 0 Å². The van der Waals surface area contributed by atoms with Crippen molar-refractivity contribution in [1.29, 1.82) is 0 Å². The number of hydrogen-bond donors (Lipinski definition) is 0. The molecule has 0 amide bonds. The number of para-hydroxylation sites is 1. The minimum atomic E-state index is 0.926. The summed E-state index contributed by atoms with van der Waals surface area (Å²) in [6, 6.07) is 16.6. The van der Waals surface area contributed by atoms with E-state index < -0.39 is 0 Å². The van der Waals surface area contributed by atoms with Crippen molar-refractivity contribution in [1.82, 2.24) is 14.6 Å². The van der Waals surface area contributed by atoms with Crippen LogP contribution in [0.2, 0.25) is 0 Å². The number of rotatable bonds is 1. The van der Waals surface area contributed by atoms with Crippen LogP contribution in [-0.4, -0.2) is 20.3 Å². The van der Waals surface area contributed by atoms with Gasteiger partial charge in [-0.25, -0.2) is 14.5 Å². The van der Waals surface area contributed by atoms with Crippen molar-refractivity contribution in [3.8, 4) is 11.3 Å². The number of hydrogen-bond acceptors (Lipinski definition) is 3. The van der Waals surface area contributed by atoms with Crippen molar-refractivity contribution in [2.75, 3.05) is 0 Å². The zero-order valence-corrected chi connectivity index (χ0v) is 14.1. The number of nitrogens with zero attached hydrogens (tertiary/aromatic N) is 4. The Morgan fingerprint density at radius 2 is 1.64 bits per heavy atom. The molecule has 0 spiro atoms. The summed E-state index contributed by atoms with van der Waals surface area (Å²) in [4.78, 5) is 9.66. The Hall–Kier alpha value is -3.27. The van der Waals surface area contributed by atoms with Crippen LogP contribution in [-0.2, 0) is 0 Å². The molecule has 0 saturated carbocycles. The van der Waals surface area contributed by atoms with Gasteiger partial charge in [-0.2, -0.15) is 5.10 Å². The topological polar surface area (TPSA) is 42.5 Å². The Bertz CT molecular complexity index is 1150. The average Bonchev–Trinajstić information content (AvgIpc) is 2.99. The van der Waals surface area contributed by atoms with E-state index in [4.69, 9.17) is 4.99 Å². The monoisotopic (exact) mass is 324 g/mol. The van der Waals surface area contributed by atoms with Gasteiger partial charge in [-0.1, -0.05) is 36.4 Å². The first-order valence-corrected chi connectivity index (χ1v) is 8.31. The van der Waals surface area contributed by atoms with Crippen molar-refractivity contribution in [2.24, 2.45) is 4.99 Å². The summed E-state index contributed by atoms with van der Waals surface area (Å²) in [6.45, 7) is 4.27. The SMILES string of the molecule is Cc1cccc(C)c1C1=Nc2ccccc2-c2ncnn3ccc1c23. The molecule has 2 aromatic heterocycles. The molecule has 4 heteroatoms. The third kappa shape index (κ3) is 1.97. The third-order valence-corrected chi connectivity index (χ3v) is 4.82. The molecule has 4 aromatic rings.